The van der Waals surface area contributed by atoms with Crippen LogP contribution < -0.4 is 5.73 Å². The Kier molecular flexibility index (Phi) is 4.24. The summed E-state index contributed by atoms with van der Waals surface area (Å²) in [5.41, 5.74) is 7.85. The lowest BCUT2D eigenvalue weighted by molar-refractivity contribution is -0.150. The quantitative estimate of drug-likeness (QED) is 0.659. The van der Waals surface area contributed by atoms with Crippen molar-refractivity contribution in [2.24, 2.45) is 0 Å². The Morgan fingerprint density at radius 3 is 2.39 bits per heavy atom. The van der Waals surface area contributed by atoms with Gasteiger partial charge in [-0.2, -0.15) is 0 Å². The first-order chi connectivity index (χ1) is 8.69. The molecule has 1 aromatic carbocycles. The molecule has 0 bridgehead atoms. The second kappa shape index (κ2) is 5.89. The summed E-state index contributed by atoms with van der Waals surface area (Å²) < 4.78 is 5.38. The number of ether oxygens (including phenoxy) is 1. The third-order valence-corrected chi connectivity index (χ3v) is 3.67. The van der Waals surface area contributed by atoms with Crippen LogP contribution in [0.5, 0.6) is 0 Å². The van der Waals surface area contributed by atoms with Gasteiger partial charge in [-0.05, 0) is 49.3 Å². The van der Waals surface area contributed by atoms with Gasteiger partial charge in [0.15, 0.2) is 0 Å². The SMILES string of the molecule is CCC(=O)OC1CCC(c2ccc(N)cc2)CC1. The molecule has 1 aromatic rings. The van der Waals surface area contributed by atoms with E-state index in [2.05, 4.69) is 12.1 Å². The Morgan fingerprint density at radius 1 is 1.22 bits per heavy atom. The lowest BCUT2D eigenvalue weighted by Gasteiger charge is -2.28. The van der Waals surface area contributed by atoms with E-state index in [0.717, 1.165) is 31.4 Å². The van der Waals surface area contributed by atoms with Crippen molar-refractivity contribution in [3.05, 3.63) is 29.8 Å². The zero-order valence-corrected chi connectivity index (χ0v) is 10.9. The van der Waals surface area contributed by atoms with Gasteiger partial charge < -0.3 is 10.5 Å². The van der Waals surface area contributed by atoms with Gasteiger partial charge in [0.1, 0.15) is 6.10 Å². The Labute approximate surface area is 108 Å². The number of nitrogens with two attached hydrogens (primary N) is 1. The van der Waals surface area contributed by atoms with Crippen LogP contribution in [0.4, 0.5) is 5.69 Å². The maximum atomic E-state index is 11.2. The van der Waals surface area contributed by atoms with E-state index in [9.17, 15) is 4.79 Å². The molecule has 3 heteroatoms. The van der Waals surface area contributed by atoms with Crippen molar-refractivity contribution in [1.29, 1.82) is 0 Å². The number of hydrogen-bond acceptors (Lipinski definition) is 3. The van der Waals surface area contributed by atoms with Crippen LogP contribution in [0.2, 0.25) is 0 Å². The third kappa shape index (κ3) is 3.25. The van der Waals surface area contributed by atoms with E-state index in [1.807, 2.05) is 19.1 Å². The van der Waals surface area contributed by atoms with Crippen LogP contribution in [0.1, 0.15) is 50.5 Å². The molecule has 0 aliphatic heterocycles. The summed E-state index contributed by atoms with van der Waals surface area (Å²) in [6, 6.07) is 8.13. The van der Waals surface area contributed by atoms with Crippen LogP contribution in [-0.2, 0) is 9.53 Å². The molecular formula is C15H21NO2. The number of anilines is 1. The van der Waals surface area contributed by atoms with E-state index < -0.39 is 0 Å². The first kappa shape index (κ1) is 12.9. The van der Waals surface area contributed by atoms with Gasteiger partial charge in [0, 0.05) is 12.1 Å². The van der Waals surface area contributed by atoms with Gasteiger partial charge in [-0.3, -0.25) is 4.79 Å². The van der Waals surface area contributed by atoms with Crippen LogP contribution in [0.3, 0.4) is 0 Å². The zero-order chi connectivity index (χ0) is 13.0. The number of esters is 1. The number of benzene rings is 1. The molecule has 1 fully saturated rings. The number of carbonyl (C=O) groups is 1. The van der Waals surface area contributed by atoms with E-state index in [1.54, 1.807) is 0 Å². The van der Waals surface area contributed by atoms with Gasteiger partial charge in [-0.15, -0.1) is 0 Å². The molecule has 3 nitrogen and oxygen atoms in total. The lowest BCUT2D eigenvalue weighted by Crippen LogP contribution is -2.23. The van der Waals surface area contributed by atoms with Crippen LogP contribution in [0, 0.1) is 0 Å². The number of carbonyl (C=O) groups excluding carboxylic acids is 1. The molecule has 0 saturated heterocycles. The Hall–Kier alpha value is -1.51. The monoisotopic (exact) mass is 247 g/mol. The van der Waals surface area contributed by atoms with E-state index in [1.165, 1.54) is 5.56 Å². The fourth-order valence-electron chi connectivity index (χ4n) is 2.55. The highest BCUT2D eigenvalue weighted by atomic mass is 16.5. The Balaban J connectivity index is 1.86. The van der Waals surface area contributed by atoms with Gasteiger partial charge in [-0.1, -0.05) is 19.1 Å². The molecule has 0 radical (unpaired) electrons. The van der Waals surface area contributed by atoms with E-state index in [4.69, 9.17) is 10.5 Å². The summed E-state index contributed by atoms with van der Waals surface area (Å²) in [4.78, 5) is 11.2. The molecule has 2 rings (SSSR count). The molecule has 98 valence electrons. The highest BCUT2D eigenvalue weighted by Gasteiger charge is 2.24. The smallest absolute Gasteiger partial charge is 0.305 e. The molecular weight excluding hydrogens is 226 g/mol. The summed E-state index contributed by atoms with van der Waals surface area (Å²) in [6.07, 6.45) is 4.72. The van der Waals surface area contributed by atoms with E-state index in [-0.39, 0.29) is 12.1 Å². The average Bonchev–Trinajstić information content (AvgIpc) is 2.40. The molecule has 1 aliphatic carbocycles. The average molecular weight is 247 g/mol. The van der Waals surface area contributed by atoms with Crippen molar-refractivity contribution in [2.45, 2.75) is 51.0 Å². The summed E-state index contributed by atoms with van der Waals surface area (Å²) in [5.74, 6) is 0.508. The first-order valence-corrected chi connectivity index (χ1v) is 6.74. The fraction of sp³-hybridized carbons (Fsp3) is 0.533. The maximum Gasteiger partial charge on any atom is 0.305 e. The molecule has 2 N–H and O–H groups in total. The van der Waals surface area contributed by atoms with E-state index in [0.29, 0.717) is 12.3 Å². The molecule has 1 aliphatic rings. The minimum atomic E-state index is -0.0778. The van der Waals surface area contributed by atoms with Crippen molar-refractivity contribution < 1.29 is 9.53 Å². The van der Waals surface area contributed by atoms with Gasteiger partial charge in [0.2, 0.25) is 0 Å². The minimum Gasteiger partial charge on any atom is -0.462 e. The molecule has 0 unspecified atom stereocenters. The number of hydrogen-bond donors (Lipinski definition) is 1. The van der Waals surface area contributed by atoms with Crippen molar-refractivity contribution in [3.8, 4) is 0 Å². The zero-order valence-electron chi connectivity index (χ0n) is 10.9. The Bertz CT molecular complexity index is 391. The molecule has 0 heterocycles. The third-order valence-electron chi connectivity index (χ3n) is 3.67. The summed E-state index contributed by atoms with van der Waals surface area (Å²) in [7, 11) is 0. The van der Waals surface area contributed by atoms with Gasteiger partial charge in [0.05, 0.1) is 0 Å². The molecule has 1 saturated carbocycles. The van der Waals surface area contributed by atoms with Gasteiger partial charge >= 0.3 is 5.97 Å². The van der Waals surface area contributed by atoms with Gasteiger partial charge in [-0.25, -0.2) is 0 Å². The highest BCUT2D eigenvalue weighted by molar-refractivity contribution is 5.69. The lowest BCUT2D eigenvalue weighted by atomic mass is 9.82. The molecule has 0 spiro atoms. The number of rotatable bonds is 3. The van der Waals surface area contributed by atoms with E-state index >= 15 is 0 Å². The summed E-state index contributed by atoms with van der Waals surface area (Å²) in [6.45, 7) is 1.84. The molecule has 18 heavy (non-hydrogen) atoms. The molecule has 0 amide bonds. The fourth-order valence-corrected chi connectivity index (χ4v) is 2.55. The molecule has 0 aromatic heterocycles. The maximum absolute atomic E-state index is 11.2. The summed E-state index contributed by atoms with van der Waals surface area (Å²) in [5, 5.41) is 0. The standard InChI is InChI=1S/C15H21NO2/c1-2-15(17)18-14-9-5-12(6-10-14)11-3-7-13(16)8-4-11/h3-4,7-8,12,14H,2,5-6,9-10,16H2,1H3. The minimum absolute atomic E-state index is 0.0778. The van der Waals surface area contributed by atoms with Crippen LogP contribution in [0.15, 0.2) is 24.3 Å². The van der Waals surface area contributed by atoms with Crippen molar-refractivity contribution >= 4 is 11.7 Å². The topological polar surface area (TPSA) is 52.3 Å². The Morgan fingerprint density at radius 2 is 1.83 bits per heavy atom. The second-order valence-corrected chi connectivity index (χ2v) is 4.98. The van der Waals surface area contributed by atoms with Crippen molar-refractivity contribution in [3.63, 3.8) is 0 Å². The first-order valence-electron chi connectivity index (χ1n) is 6.74. The van der Waals surface area contributed by atoms with Crippen LogP contribution >= 0.6 is 0 Å². The largest absolute Gasteiger partial charge is 0.462 e. The van der Waals surface area contributed by atoms with Gasteiger partial charge in [0.25, 0.3) is 0 Å². The van der Waals surface area contributed by atoms with Crippen LogP contribution in [-0.4, -0.2) is 12.1 Å². The summed E-state index contributed by atoms with van der Waals surface area (Å²) >= 11 is 0. The highest BCUT2D eigenvalue weighted by Crippen LogP contribution is 2.34. The normalized spacial score (nSPS) is 23.6. The number of nitrogen functional groups attached to an aromatic ring is 1. The van der Waals surface area contributed by atoms with Crippen molar-refractivity contribution in [2.75, 3.05) is 5.73 Å². The second-order valence-electron chi connectivity index (χ2n) is 4.98. The predicted molar refractivity (Wildman–Crippen MR) is 72.2 cm³/mol. The molecule has 0 atom stereocenters. The van der Waals surface area contributed by atoms with Crippen LogP contribution in [0.25, 0.3) is 0 Å². The van der Waals surface area contributed by atoms with Crippen molar-refractivity contribution in [1.82, 2.24) is 0 Å². The predicted octanol–water partition coefficient (Wildman–Crippen LogP) is 3.25.